The van der Waals surface area contributed by atoms with Crippen LogP contribution in [0.15, 0.2) is 29.3 Å². The molecule has 1 aromatic carbocycles. The number of rotatable bonds is 6. The molecule has 0 unspecified atom stereocenters. The maximum absolute atomic E-state index is 13.2. The lowest BCUT2D eigenvalue weighted by molar-refractivity contribution is -0.135. The van der Waals surface area contributed by atoms with Gasteiger partial charge in [0.05, 0.1) is 32.5 Å². The normalized spacial score (nSPS) is 13.4. The van der Waals surface area contributed by atoms with Crippen molar-refractivity contribution in [1.82, 2.24) is 14.5 Å². The molecule has 1 N–H and O–H groups in total. The second-order valence-corrected chi connectivity index (χ2v) is 8.21. The molecule has 0 aliphatic carbocycles. The molecular formula is C21H23N3O5S. The van der Waals surface area contributed by atoms with E-state index >= 15 is 0 Å². The van der Waals surface area contributed by atoms with E-state index in [1.165, 1.54) is 11.3 Å². The van der Waals surface area contributed by atoms with Crippen molar-refractivity contribution in [2.45, 2.75) is 25.9 Å². The maximum Gasteiger partial charge on any atom is 0.262 e. The fourth-order valence-corrected chi connectivity index (χ4v) is 4.94. The Morgan fingerprint density at radius 2 is 1.97 bits per heavy atom. The van der Waals surface area contributed by atoms with Gasteiger partial charge in [0.2, 0.25) is 5.91 Å². The van der Waals surface area contributed by atoms with Crippen LogP contribution in [0.4, 0.5) is 0 Å². The van der Waals surface area contributed by atoms with Crippen LogP contribution in [0.3, 0.4) is 0 Å². The molecule has 8 nitrogen and oxygen atoms in total. The van der Waals surface area contributed by atoms with Crippen molar-refractivity contribution in [2.75, 3.05) is 27.4 Å². The molecule has 1 aliphatic heterocycles. The summed E-state index contributed by atoms with van der Waals surface area (Å²) in [7, 11) is 3.21. The van der Waals surface area contributed by atoms with Crippen LogP contribution in [0.25, 0.3) is 10.2 Å². The number of aromatic nitrogens is 2. The molecule has 1 aliphatic rings. The Labute approximate surface area is 177 Å². The summed E-state index contributed by atoms with van der Waals surface area (Å²) in [6, 6.07) is 5.67. The van der Waals surface area contributed by atoms with E-state index in [1.54, 1.807) is 30.0 Å². The number of aryl methyl sites for hydroxylation is 2. The minimum atomic E-state index is -0.500. The number of amides is 1. The Bertz CT molecular complexity index is 1130. The summed E-state index contributed by atoms with van der Waals surface area (Å²) in [5.41, 5.74) is 1.92. The van der Waals surface area contributed by atoms with Gasteiger partial charge in [-0.05, 0) is 36.1 Å². The third-order valence-corrected chi connectivity index (χ3v) is 6.49. The largest absolute Gasteiger partial charge is 0.497 e. The number of benzene rings is 1. The number of fused-ring (bicyclic) bond motifs is 3. The SMILES string of the molecule is COc1cc(CCn2cnc3sc4c(c3c2=O)CCN(C(=O)CO)C4)cc(OC)c1. The molecule has 0 saturated heterocycles. The van der Waals surface area contributed by atoms with Gasteiger partial charge in [0.1, 0.15) is 22.9 Å². The molecule has 0 spiro atoms. The van der Waals surface area contributed by atoms with Crippen LogP contribution < -0.4 is 15.0 Å². The highest BCUT2D eigenvalue weighted by atomic mass is 32.1. The Kier molecular flexibility index (Phi) is 5.74. The average molecular weight is 429 g/mol. The summed E-state index contributed by atoms with van der Waals surface area (Å²) in [5, 5.41) is 9.75. The van der Waals surface area contributed by atoms with Crippen LogP contribution in [0, 0.1) is 0 Å². The van der Waals surface area contributed by atoms with Gasteiger partial charge < -0.3 is 19.5 Å². The van der Waals surface area contributed by atoms with E-state index in [0.717, 1.165) is 16.0 Å². The first-order valence-corrected chi connectivity index (χ1v) is 10.5. The number of ether oxygens (including phenoxy) is 2. The van der Waals surface area contributed by atoms with E-state index in [4.69, 9.17) is 14.6 Å². The molecule has 0 fully saturated rings. The van der Waals surface area contributed by atoms with Gasteiger partial charge in [-0.15, -0.1) is 11.3 Å². The lowest BCUT2D eigenvalue weighted by Crippen LogP contribution is -2.37. The summed E-state index contributed by atoms with van der Waals surface area (Å²) in [6.45, 7) is 0.896. The number of aliphatic hydroxyl groups is 1. The number of nitrogens with zero attached hydrogens (tertiary/aromatic N) is 3. The monoisotopic (exact) mass is 429 g/mol. The second kappa shape index (κ2) is 8.45. The van der Waals surface area contributed by atoms with Gasteiger partial charge in [-0.2, -0.15) is 0 Å². The van der Waals surface area contributed by atoms with E-state index in [0.29, 0.717) is 54.2 Å². The zero-order valence-corrected chi connectivity index (χ0v) is 17.7. The minimum Gasteiger partial charge on any atom is -0.497 e. The minimum absolute atomic E-state index is 0.0608. The molecule has 1 amide bonds. The Balaban J connectivity index is 1.60. The molecule has 0 radical (unpaired) electrons. The molecule has 9 heteroatoms. The number of carbonyl (C=O) groups is 1. The molecule has 2 aromatic heterocycles. The van der Waals surface area contributed by atoms with Crippen molar-refractivity contribution >= 4 is 27.5 Å². The van der Waals surface area contributed by atoms with E-state index < -0.39 is 6.61 Å². The molecular weight excluding hydrogens is 406 g/mol. The Morgan fingerprint density at radius 3 is 2.63 bits per heavy atom. The zero-order chi connectivity index (χ0) is 21.3. The van der Waals surface area contributed by atoms with Crippen molar-refractivity contribution in [3.8, 4) is 11.5 Å². The number of carbonyl (C=O) groups excluding carboxylic acids is 1. The topological polar surface area (TPSA) is 93.9 Å². The number of aliphatic hydroxyl groups excluding tert-OH is 1. The van der Waals surface area contributed by atoms with Crippen LogP contribution >= 0.6 is 11.3 Å². The van der Waals surface area contributed by atoms with Crippen LogP contribution in [0.5, 0.6) is 11.5 Å². The fourth-order valence-electron chi connectivity index (χ4n) is 3.75. The number of thiophene rings is 1. The summed E-state index contributed by atoms with van der Waals surface area (Å²) in [6.07, 6.45) is 2.81. The third-order valence-electron chi connectivity index (χ3n) is 5.37. The highest BCUT2D eigenvalue weighted by Gasteiger charge is 2.26. The first-order valence-electron chi connectivity index (χ1n) is 9.64. The molecule has 3 heterocycles. The van der Waals surface area contributed by atoms with Gasteiger partial charge in [0.15, 0.2) is 0 Å². The van der Waals surface area contributed by atoms with E-state index in [1.807, 2.05) is 18.2 Å². The number of methoxy groups -OCH3 is 2. The van der Waals surface area contributed by atoms with Gasteiger partial charge in [0, 0.05) is 24.0 Å². The van der Waals surface area contributed by atoms with E-state index in [-0.39, 0.29) is 11.5 Å². The Morgan fingerprint density at radius 1 is 1.23 bits per heavy atom. The standard InChI is InChI=1S/C21H23N3O5S/c1-28-14-7-13(8-15(9-14)29-2)3-5-24-12-22-20-19(21(24)27)16-4-6-23(18(26)11-25)10-17(16)30-20/h7-9,12,25H,3-6,10-11H2,1-2H3. The van der Waals surface area contributed by atoms with E-state index in [9.17, 15) is 9.59 Å². The summed E-state index contributed by atoms with van der Waals surface area (Å²) >= 11 is 1.45. The molecule has 0 bridgehead atoms. The van der Waals surface area contributed by atoms with Crippen LogP contribution in [-0.2, 0) is 30.7 Å². The quantitative estimate of drug-likeness (QED) is 0.640. The van der Waals surface area contributed by atoms with Gasteiger partial charge >= 0.3 is 0 Å². The van der Waals surface area contributed by atoms with Gasteiger partial charge in [-0.3, -0.25) is 14.2 Å². The second-order valence-electron chi connectivity index (χ2n) is 7.12. The molecule has 0 saturated carbocycles. The molecule has 0 atom stereocenters. The van der Waals surface area contributed by atoms with Crippen molar-refractivity contribution in [3.05, 3.63) is 50.9 Å². The average Bonchev–Trinajstić information content (AvgIpc) is 3.16. The first kappa shape index (κ1) is 20.4. The lowest BCUT2D eigenvalue weighted by Gasteiger charge is -2.26. The maximum atomic E-state index is 13.2. The van der Waals surface area contributed by atoms with Crippen molar-refractivity contribution in [1.29, 1.82) is 0 Å². The smallest absolute Gasteiger partial charge is 0.262 e. The summed E-state index contributed by atoms with van der Waals surface area (Å²) < 4.78 is 12.3. The Hall–Kier alpha value is -2.91. The van der Waals surface area contributed by atoms with Crippen molar-refractivity contribution in [2.24, 2.45) is 0 Å². The lowest BCUT2D eigenvalue weighted by atomic mass is 10.1. The zero-order valence-electron chi connectivity index (χ0n) is 16.9. The number of hydrogen-bond donors (Lipinski definition) is 1. The van der Waals surface area contributed by atoms with Gasteiger partial charge in [0.25, 0.3) is 5.56 Å². The molecule has 30 heavy (non-hydrogen) atoms. The summed E-state index contributed by atoms with van der Waals surface area (Å²) in [5.74, 6) is 1.12. The third kappa shape index (κ3) is 3.78. The van der Waals surface area contributed by atoms with Gasteiger partial charge in [-0.1, -0.05) is 0 Å². The predicted octanol–water partition coefficient (Wildman–Crippen LogP) is 1.59. The van der Waals surface area contributed by atoms with E-state index in [2.05, 4.69) is 4.98 Å². The van der Waals surface area contributed by atoms with Crippen molar-refractivity contribution < 1.29 is 19.4 Å². The highest BCUT2D eigenvalue weighted by molar-refractivity contribution is 7.18. The molecule has 3 aromatic rings. The van der Waals surface area contributed by atoms with Gasteiger partial charge in [-0.25, -0.2) is 4.98 Å². The van der Waals surface area contributed by atoms with Crippen molar-refractivity contribution in [3.63, 3.8) is 0 Å². The first-order chi connectivity index (χ1) is 14.5. The molecule has 158 valence electrons. The fraction of sp³-hybridized carbons (Fsp3) is 0.381. The predicted molar refractivity (Wildman–Crippen MR) is 113 cm³/mol. The molecule has 4 rings (SSSR count). The van der Waals surface area contributed by atoms with Crippen LogP contribution in [0.2, 0.25) is 0 Å². The van der Waals surface area contributed by atoms with Crippen LogP contribution in [-0.4, -0.2) is 52.8 Å². The number of hydrogen-bond acceptors (Lipinski definition) is 7. The van der Waals surface area contributed by atoms with Crippen LogP contribution in [0.1, 0.15) is 16.0 Å². The highest BCUT2D eigenvalue weighted by Crippen LogP contribution is 2.32. The summed E-state index contributed by atoms with van der Waals surface area (Å²) in [4.78, 5) is 32.7.